The zero-order valence-corrected chi connectivity index (χ0v) is 7.84. The molecule has 0 saturated carbocycles. The quantitative estimate of drug-likeness (QED) is 0.548. The van der Waals surface area contributed by atoms with Gasteiger partial charge in [0.15, 0.2) is 0 Å². The van der Waals surface area contributed by atoms with Gasteiger partial charge in [-0.05, 0) is 6.08 Å². The van der Waals surface area contributed by atoms with Crippen molar-refractivity contribution in [2.24, 2.45) is 0 Å². The predicted octanol–water partition coefficient (Wildman–Crippen LogP) is -1.23. The van der Waals surface area contributed by atoms with Crippen molar-refractivity contribution in [1.82, 2.24) is 0 Å². The maximum absolute atomic E-state index is 11.0. The Hall–Kier alpha value is -1.11. The second-order valence-electron chi connectivity index (χ2n) is 2.73. The average Bonchev–Trinajstić information content (AvgIpc) is 2.20. The van der Waals surface area contributed by atoms with E-state index in [1.54, 1.807) is 0 Å². The molecule has 80 valence electrons. The number of rotatable bonds is 2. The van der Waals surface area contributed by atoms with E-state index in [2.05, 4.69) is 4.74 Å². The first-order valence-electron chi connectivity index (χ1n) is 3.96. The minimum Gasteiger partial charge on any atom is -0.463 e. The Morgan fingerprint density at radius 1 is 1.50 bits per heavy atom. The molecule has 0 aliphatic carbocycles. The van der Waals surface area contributed by atoms with E-state index in [1.807, 2.05) is 0 Å². The van der Waals surface area contributed by atoms with Gasteiger partial charge in [0, 0.05) is 7.11 Å². The van der Waals surface area contributed by atoms with Crippen molar-refractivity contribution in [3.63, 3.8) is 0 Å². The molecule has 2 N–H and O–H groups in total. The molecule has 1 rings (SSSR count). The van der Waals surface area contributed by atoms with Crippen molar-refractivity contribution in [1.29, 1.82) is 0 Å². The van der Waals surface area contributed by atoms with Crippen LogP contribution in [0.4, 0.5) is 0 Å². The van der Waals surface area contributed by atoms with Gasteiger partial charge < -0.3 is 24.4 Å². The minimum atomic E-state index is -1.21. The van der Waals surface area contributed by atoms with Crippen LogP contribution in [-0.2, 0) is 19.0 Å². The van der Waals surface area contributed by atoms with Crippen LogP contribution in [0.2, 0.25) is 0 Å². The van der Waals surface area contributed by atoms with E-state index in [4.69, 9.17) is 9.47 Å². The summed E-state index contributed by atoms with van der Waals surface area (Å²) in [6.07, 6.45) is -2.41. The van der Waals surface area contributed by atoms with Crippen LogP contribution >= 0.6 is 0 Å². The van der Waals surface area contributed by atoms with Crippen LogP contribution < -0.4 is 0 Å². The number of hydrogen-bond acceptors (Lipinski definition) is 6. The van der Waals surface area contributed by atoms with Crippen LogP contribution in [0.25, 0.3) is 0 Å². The van der Waals surface area contributed by atoms with Crippen molar-refractivity contribution in [2.45, 2.75) is 18.5 Å². The number of ether oxygens (including phenoxy) is 3. The van der Waals surface area contributed by atoms with Crippen LogP contribution in [-0.4, -0.2) is 48.9 Å². The topological polar surface area (TPSA) is 85.2 Å². The lowest BCUT2D eigenvalue weighted by Gasteiger charge is -2.29. The van der Waals surface area contributed by atoms with Gasteiger partial charge in [0.1, 0.15) is 12.2 Å². The van der Waals surface area contributed by atoms with Gasteiger partial charge in [-0.2, -0.15) is 0 Å². The molecule has 1 heterocycles. The fraction of sp³-hybridized carbons (Fsp3) is 0.625. The Morgan fingerprint density at radius 3 is 2.64 bits per heavy atom. The van der Waals surface area contributed by atoms with E-state index in [0.29, 0.717) is 0 Å². The molecule has 6 heteroatoms. The summed E-state index contributed by atoms with van der Waals surface area (Å²) in [6, 6.07) is 0. The number of carbonyl (C=O) groups is 1. The molecule has 0 aromatic heterocycles. The number of carbonyl (C=O) groups excluding carboxylic acids is 1. The van der Waals surface area contributed by atoms with Crippen LogP contribution in [0.15, 0.2) is 11.8 Å². The molecule has 0 saturated heterocycles. The Balaban J connectivity index is 2.80. The van der Waals surface area contributed by atoms with E-state index >= 15 is 0 Å². The molecule has 0 amide bonds. The summed E-state index contributed by atoms with van der Waals surface area (Å²) in [6.45, 7) is 0. The molecule has 0 aromatic carbocycles. The van der Waals surface area contributed by atoms with E-state index in [0.717, 1.165) is 6.08 Å². The number of esters is 1. The summed E-state index contributed by atoms with van der Waals surface area (Å²) in [5.74, 6) is -0.893. The second-order valence-corrected chi connectivity index (χ2v) is 2.73. The molecule has 14 heavy (non-hydrogen) atoms. The first kappa shape index (κ1) is 11.0. The lowest BCUT2D eigenvalue weighted by atomic mass is 10.1. The molecule has 1 unspecified atom stereocenters. The van der Waals surface area contributed by atoms with Crippen LogP contribution in [0.1, 0.15) is 0 Å². The smallest absolute Gasteiger partial charge is 0.373 e. The third-order valence-corrected chi connectivity index (χ3v) is 1.81. The summed E-state index contributed by atoms with van der Waals surface area (Å²) >= 11 is 0. The molecular formula is C8H12O6. The van der Waals surface area contributed by atoms with E-state index in [-0.39, 0.29) is 5.76 Å². The van der Waals surface area contributed by atoms with Gasteiger partial charge in [-0.1, -0.05) is 0 Å². The third kappa shape index (κ3) is 2.03. The Morgan fingerprint density at radius 2 is 2.14 bits per heavy atom. The molecule has 0 spiro atoms. The summed E-state index contributed by atoms with van der Waals surface area (Å²) < 4.78 is 14.0. The number of aliphatic hydroxyl groups excluding tert-OH is 2. The summed E-state index contributed by atoms with van der Waals surface area (Å²) in [7, 11) is 2.48. The summed E-state index contributed by atoms with van der Waals surface area (Å²) in [4.78, 5) is 11.0. The van der Waals surface area contributed by atoms with Gasteiger partial charge in [-0.25, -0.2) is 4.79 Å². The normalized spacial score (nSPS) is 31.7. The first-order chi connectivity index (χ1) is 6.60. The lowest BCUT2D eigenvalue weighted by molar-refractivity contribution is -0.196. The highest BCUT2D eigenvalue weighted by Crippen LogP contribution is 2.19. The van der Waals surface area contributed by atoms with Crippen molar-refractivity contribution >= 4 is 5.97 Å². The maximum Gasteiger partial charge on any atom is 0.373 e. The van der Waals surface area contributed by atoms with E-state index in [9.17, 15) is 15.0 Å². The zero-order valence-electron chi connectivity index (χ0n) is 7.84. The van der Waals surface area contributed by atoms with Crippen molar-refractivity contribution < 1.29 is 29.2 Å². The fourth-order valence-electron chi connectivity index (χ4n) is 1.05. The highest BCUT2D eigenvalue weighted by atomic mass is 16.7. The standard InChI is InChI=1S/C8H12O6/c1-12-7(11)5-3-4(9)6(10)8(13-2)14-5/h3-4,6,8-10H,1-2H3/t4-,6+,8?/m1/s1. The molecular weight excluding hydrogens is 192 g/mol. The van der Waals surface area contributed by atoms with Crippen LogP contribution in [0.5, 0.6) is 0 Å². The minimum absolute atomic E-state index is 0.169. The predicted molar refractivity (Wildman–Crippen MR) is 44.0 cm³/mol. The van der Waals surface area contributed by atoms with Gasteiger partial charge in [0.25, 0.3) is 0 Å². The largest absolute Gasteiger partial charge is 0.463 e. The monoisotopic (exact) mass is 204 g/mol. The van der Waals surface area contributed by atoms with Crippen LogP contribution in [0, 0.1) is 0 Å². The summed E-state index contributed by atoms with van der Waals surface area (Å²) in [5.41, 5.74) is 0. The zero-order chi connectivity index (χ0) is 10.7. The highest BCUT2D eigenvalue weighted by molar-refractivity contribution is 5.86. The van der Waals surface area contributed by atoms with Gasteiger partial charge in [0.05, 0.1) is 7.11 Å². The third-order valence-electron chi connectivity index (χ3n) is 1.81. The molecule has 1 aliphatic rings. The Bertz CT molecular complexity index is 248. The molecule has 0 bridgehead atoms. The van der Waals surface area contributed by atoms with Crippen molar-refractivity contribution in [3.8, 4) is 0 Å². The van der Waals surface area contributed by atoms with Crippen molar-refractivity contribution in [2.75, 3.05) is 14.2 Å². The highest BCUT2D eigenvalue weighted by Gasteiger charge is 2.34. The van der Waals surface area contributed by atoms with Crippen molar-refractivity contribution in [3.05, 3.63) is 11.8 Å². The number of hydrogen-bond donors (Lipinski definition) is 2. The summed E-state index contributed by atoms with van der Waals surface area (Å²) in [5, 5.41) is 18.6. The molecule has 3 atom stereocenters. The molecule has 1 aliphatic heterocycles. The van der Waals surface area contributed by atoms with Crippen LogP contribution in [0.3, 0.4) is 0 Å². The average molecular weight is 204 g/mol. The number of aliphatic hydroxyl groups is 2. The van der Waals surface area contributed by atoms with E-state index < -0.39 is 24.5 Å². The molecule has 6 nitrogen and oxygen atoms in total. The van der Waals surface area contributed by atoms with Gasteiger partial charge >= 0.3 is 5.97 Å². The van der Waals surface area contributed by atoms with E-state index in [1.165, 1.54) is 14.2 Å². The van der Waals surface area contributed by atoms with Gasteiger partial charge in [-0.3, -0.25) is 0 Å². The van der Waals surface area contributed by atoms with Gasteiger partial charge in [-0.15, -0.1) is 0 Å². The molecule has 0 fully saturated rings. The second kappa shape index (κ2) is 4.41. The van der Waals surface area contributed by atoms with Gasteiger partial charge in [0.2, 0.25) is 12.0 Å². The molecule has 0 radical (unpaired) electrons. The fourth-order valence-corrected chi connectivity index (χ4v) is 1.05. The maximum atomic E-state index is 11.0. The Kier molecular flexibility index (Phi) is 3.45. The Labute approximate surface area is 80.7 Å². The number of methoxy groups -OCH3 is 2. The molecule has 0 aromatic rings. The lowest BCUT2D eigenvalue weighted by Crippen LogP contribution is -2.43. The SMILES string of the molecule is COC(=O)C1=C[C@@H](O)[C@H](O)C(OC)O1. The first-order valence-corrected chi connectivity index (χ1v) is 3.96.